The number of carbonyl (C=O) groups excluding carboxylic acids is 2. The highest BCUT2D eigenvalue weighted by molar-refractivity contribution is 7.99. The van der Waals surface area contributed by atoms with Crippen molar-refractivity contribution in [2.75, 3.05) is 12.8 Å². The van der Waals surface area contributed by atoms with Crippen LogP contribution in [0.1, 0.15) is 30.0 Å². The Labute approximate surface area is 180 Å². The van der Waals surface area contributed by atoms with Gasteiger partial charge in [-0.2, -0.15) is 0 Å². The van der Waals surface area contributed by atoms with Gasteiger partial charge in [0.05, 0.1) is 5.75 Å². The third-order valence-corrected chi connectivity index (χ3v) is 5.90. The van der Waals surface area contributed by atoms with E-state index in [2.05, 4.69) is 5.32 Å². The molecule has 0 aliphatic rings. The molecule has 0 unspecified atom stereocenters. The van der Waals surface area contributed by atoms with Crippen molar-refractivity contribution in [2.24, 2.45) is 0 Å². The zero-order valence-corrected chi connectivity index (χ0v) is 18.4. The lowest BCUT2D eigenvalue weighted by molar-refractivity contribution is -0.139. The van der Waals surface area contributed by atoms with Crippen molar-refractivity contribution in [3.05, 3.63) is 70.0 Å². The Kier molecular flexibility index (Phi) is 8.99. The Morgan fingerprint density at radius 3 is 2.59 bits per heavy atom. The highest BCUT2D eigenvalue weighted by atomic mass is 35.5. The third-order valence-electron chi connectivity index (χ3n) is 4.60. The number of thioether (sulfide) groups is 1. The highest BCUT2D eigenvalue weighted by Gasteiger charge is 2.28. The van der Waals surface area contributed by atoms with Crippen LogP contribution in [0.2, 0.25) is 5.02 Å². The molecule has 1 N–H and O–H groups in total. The topological polar surface area (TPSA) is 49.4 Å². The van der Waals surface area contributed by atoms with Crippen LogP contribution in [0.5, 0.6) is 0 Å². The Morgan fingerprint density at radius 2 is 1.97 bits per heavy atom. The number of amides is 2. The first-order valence-corrected chi connectivity index (χ1v) is 11.0. The monoisotopic (exact) mass is 436 g/mol. The summed E-state index contributed by atoms with van der Waals surface area (Å²) in [4.78, 5) is 27.0. The van der Waals surface area contributed by atoms with Gasteiger partial charge in [-0.3, -0.25) is 9.59 Å². The van der Waals surface area contributed by atoms with Crippen molar-refractivity contribution in [3.8, 4) is 0 Å². The maximum absolute atomic E-state index is 13.9. The molecule has 0 spiro atoms. The van der Waals surface area contributed by atoms with Crippen LogP contribution in [-0.4, -0.2) is 35.6 Å². The van der Waals surface area contributed by atoms with Gasteiger partial charge >= 0.3 is 0 Å². The number of likely N-dealkylation sites (N-methyl/N-ethyl adjacent to an activating group) is 1. The minimum Gasteiger partial charge on any atom is -0.357 e. The molecule has 0 saturated heterocycles. The Bertz CT molecular complexity index is 842. The summed E-state index contributed by atoms with van der Waals surface area (Å²) in [6.45, 7) is 4.20. The lowest BCUT2D eigenvalue weighted by Crippen LogP contribution is -2.48. The second-order valence-electron chi connectivity index (χ2n) is 6.74. The molecule has 0 fully saturated rings. The average Bonchev–Trinajstić information content (AvgIpc) is 2.69. The van der Waals surface area contributed by atoms with Gasteiger partial charge in [0.2, 0.25) is 11.8 Å². The van der Waals surface area contributed by atoms with E-state index in [9.17, 15) is 14.0 Å². The number of nitrogens with one attached hydrogen (secondary N) is 1. The molecule has 0 aliphatic heterocycles. The van der Waals surface area contributed by atoms with Crippen LogP contribution in [0.3, 0.4) is 0 Å². The van der Waals surface area contributed by atoms with E-state index in [1.165, 1.54) is 17.8 Å². The molecule has 0 aromatic heterocycles. The Balaban J connectivity index is 2.14. The van der Waals surface area contributed by atoms with Gasteiger partial charge in [0.1, 0.15) is 11.9 Å². The molecule has 0 heterocycles. The molecule has 2 amide bonds. The standard InChI is InChI=1S/C22H26ClFN2O2S/c1-4-20(22(28)25-3)26(12-16-8-5-7-15(2)11-16)21(27)14-29-13-17-18(23)9-6-10-19(17)24/h5-11,20H,4,12-14H2,1-3H3,(H,25,28)/t20-/m0/s1. The predicted octanol–water partition coefficient (Wildman–Crippen LogP) is 4.57. The van der Waals surface area contributed by atoms with Gasteiger partial charge < -0.3 is 10.2 Å². The van der Waals surface area contributed by atoms with Crippen LogP contribution >= 0.6 is 23.4 Å². The summed E-state index contributed by atoms with van der Waals surface area (Å²) in [6, 6.07) is 11.8. The third kappa shape index (κ3) is 6.47. The number of carbonyl (C=O) groups is 2. The minimum atomic E-state index is -0.564. The van der Waals surface area contributed by atoms with Crippen molar-refractivity contribution in [2.45, 2.75) is 38.6 Å². The van der Waals surface area contributed by atoms with Crippen LogP contribution in [0.15, 0.2) is 42.5 Å². The number of rotatable bonds is 9. The fourth-order valence-corrected chi connectivity index (χ4v) is 4.34. The molecule has 2 aromatic carbocycles. The van der Waals surface area contributed by atoms with Crippen molar-refractivity contribution >= 4 is 35.2 Å². The van der Waals surface area contributed by atoms with Crippen molar-refractivity contribution in [1.82, 2.24) is 10.2 Å². The SMILES string of the molecule is CC[C@@H](C(=O)NC)N(Cc1cccc(C)c1)C(=O)CSCc1c(F)cccc1Cl. The number of hydrogen-bond acceptors (Lipinski definition) is 3. The largest absolute Gasteiger partial charge is 0.357 e. The van der Waals surface area contributed by atoms with Gasteiger partial charge in [0, 0.05) is 29.9 Å². The van der Waals surface area contributed by atoms with E-state index in [1.807, 2.05) is 38.1 Å². The lowest BCUT2D eigenvalue weighted by Gasteiger charge is -2.30. The zero-order valence-electron chi connectivity index (χ0n) is 16.9. The molecule has 7 heteroatoms. The fraction of sp³-hybridized carbons (Fsp3) is 0.364. The van der Waals surface area contributed by atoms with Crippen molar-refractivity contribution < 1.29 is 14.0 Å². The molecular weight excluding hydrogens is 411 g/mol. The molecule has 2 aromatic rings. The first-order chi connectivity index (χ1) is 13.9. The van der Waals surface area contributed by atoms with Gasteiger partial charge in [0.15, 0.2) is 0 Å². The predicted molar refractivity (Wildman–Crippen MR) is 117 cm³/mol. The smallest absolute Gasteiger partial charge is 0.242 e. The van der Waals surface area contributed by atoms with E-state index < -0.39 is 6.04 Å². The second-order valence-corrected chi connectivity index (χ2v) is 8.13. The summed E-state index contributed by atoms with van der Waals surface area (Å²) < 4.78 is 13.9. The normalized spacial score (nSPS) is 11.8. The van der Waals surface area contributed by atoms with Gasteiger partial charge in [-0.05, 0) is 31.0 Å². The van der Waals surface area contributed by atoms with Crippen LogP contribution in [0, 0.1) is 12.7 Å². The summed E-state index contributed by atoms with van der Waals surface area (Å²) in [6.07, 6.45) is 0.501. The Morgan fingerprint density at radius 1 is 1.24 bits per heavy atom. The van der Waals surface area contributed by atoms with E-state index in [-0.39, 0.29) is 29.1 Å². The average molecular weight is 437 g/mol. The quantitative estimate of drug-likeness (QED) is 0.626. The van der Waals surface area contributed by atoms with Crippen molar-refractivity contribution in [3.63, 3.8) is 0 Å². The van der Waals surface area contributed by atoms with E-state index in [1.54, 1.807) is 24.1 Å². The highest BCUT2D eigenvalue weighted by Crippen LogP contribution is 2.24. The van der Waals surface area contributed by atoms with Gasteiger partial charge in [0.25, 0.3) is 0 Å². The molecule has 1 atom stereocenters. The number of aryl methyl sites for hydroxylation is 1. The van der Waals surface area contributed by atoms with E-state index in [0.717, 1.165) is 11.1 Å². The number of halogens is 2. The summed E-state index contributed by atoms with van der Waals surface area (Å²) in [5, 5.41) is 2.98. The Hall–Kier alpha value is -2.05. The minimum absolute atomic E-state index is 0.129. The van der Waals surface area contributed by atoms with Crippen LogP contribution in [0.25, 0.3) is 0 Å². The molecule has 0 saturated carbocycles. The molecule has 4 nitrogen and oxygen atoms in total. The van der Waals surface area contributed by atoms with Gasteiger partial charge in [-0.25, -0.2) is 4.39 Å². The maximum Gasteiger partial charge on any atom is 0.242 e. The van der Waals surface area contributed by atoms with E-state index in [4.69, 9.17) is 11.6 Å². The van der Waals surface area contributed by atoms with Crippen molar-refractivity contribution in [1.29, 1.82) is 0 Å². The summed E-state index contributed by atoms with van der Waals surface area (Å²) in [5.41, 5.74) is 2.44. The number of benzene rings is 2. The first-order valence-electron chi connectivity index (χ1n) is 9.44. The molecule has 0 bridgehead atoms. The van der Waals surface area contributed by atoms with E-state index >= 15 is 0 Å². The maximum atomic E-state index is 13.9. The number of nitrogens with zero attached hydrogens (tertiary/aromatic N) is 1. The molecule has 0 radical (unpaired) electrons. The van der Waals surface area contributed by atoms with E-state index in [0.29, 0.717) is 23.6 Å². The molecule has 2 rings (SSSR count). The molecule has 156 valence electrons. The zero-order chi connectivity index (χ0) is 21.4. The first kappa shape index (κ1) is 23.2. The second kappa shape index (κ2) is 11.2. The lowest BCUT2D eigenvalue weighted by atomic mass is 10.1. The van der Waals surface area contributed by atoms with Gasteiger partial charge in [-0.15, -0.1) is 11.8 Å². The molecule has 0 aliphatic carbocycles. The molecule has 29 heavy (non-hydrogen) atoms. The summed E-state index contributed by atoms with van der Waals surface area (Å²) >= 11 is 7.35. The van der Waals surface area contributed by atoms with Gasteiger partial charge in [-0.1, -0.05) is 54.4 Å². The summed E-state index contributed by atoms with van der Waals surface area (Å²) in [7, 11) is 1.56. The van der Waals surface area contributed by atoms with Crippen LogP contribution in [-0.2, 0) is 21.9 Å². The van der Waals surface area contributed by atoms with Crippen LogP contribution < -0.4 is 5.32 Å². The van der Waals surface area contributed by atoms with Crippen LogP contribution in [0.4, 0.5) is 4.39 Å². The summed E-state index contributed by atoms with van der Waals surface area (Å²) in [5.74, 6) is -0.336. The molecular formula is C22H26ClFN2O2S. The fourth-order valence-electron chi connectivity index (χ4n) is 3.09. The number of hydrogen-bond donors (Lipinski definition) is 1.